The van der Waals surface area contributed by atoms with Crippen molar-refractivity contribution in [2.24, 2.45) is 0 Å². The maximum atomic E-state index is 11.8. The number of nitrogens with zero attached hydrogens (tertiary/aromatic N) is 3. The normalized spacial score (nSPS) is 13.5. The van der Waals surface area contributed by atoms with Gasteiger partial charge in [-0.1, -0.05) is 0 Å². The fourth-order valence-corrected chi connectivity index (χ4v) is 2.21. The van der Waals surface area contributed by atoms with Gasteiger partial charge in [-0.3, -0.25) is 4.79 Å². The number of aryl methyl sites for hydroxylation is 1. The Labute approximate surface area is 110 Å². The molecule has 0 unspecified atom stereocenters. The quantitative estimate of drug-likeness (QED) is 0.868. The Bertz CT molecular complexity index is 579. The highest BCUT2D eigenvalue weighted by atomic mass is 16.2. The van der Waals surface area contributed by atoms with Crippen LogP contribution in [0.5, 0.6) is 0 Å². The monoisotopic (exact) mass is 257 g/mol. The SMILES string of the molecule is O=C(Cn1cncn1)Nc1ccc2c(c1)CCCN2. The lowest BCUT2D eigenvalue weighted by Crippen LogP contribution is -2.19. The van der Waals surface area contributed by atoms with Crippen LogP contribution in [0, 0.1) is 0 Å². The number of anilines is 2. The van der Waals surface area contributed by atoms with Crippen molar-refractivity contribution in [1.29, 1.82) is 0 Å². The van der Waals surface area contributed by atoms with Gasteiger partial charge >= 0.3 is 0 Å². The second kappa shape index (κ2) is 5.09. The lowest BCUT2D eigenvalue weighted by molar-refractivity contribution is -0.116. The molecule has 2 N–H and O–H groups in total. The summed E-state index contributed by atoms with van der Waals surface area (Å²) < 4.78 is 1.50. The number of carbonyl (C=O) groups is 1. The third-order valence-electron chi connectivity index (χ3n) is 3.10. The van der Waals surface area contributed by atoms with Crippen LogP contribution in [0.2, 0.25) is 0 Å². The van der Waals surface area contributed by atoms with Crippen molar-refractivity contribution in [1.82, 2.24) is 14.8 Å². The molecule has 0 aliphatic carbocycles. The fraction of sp³-hybridized carbons (Fsp3) is 0.308. The third kappa shape index (κ3) is 2.73. The molecule has 1 aromatic carbocycles. The van der Waals surface area contributed by atoms with Gasteiger partial charge in [0.25, 0.3) is 0 Å². The number of fused-ring (bicyclic) bond motifs is 1. The van der Waals surface area contributed by atoms with E-state index in [1.165, 1.54) is 28.6 Å². The van der Waals surface area contributed by atoms with Crippen LogP contribution < -0.4 is 10.6 Å². The highest BCUT2D eigenvalue weighted by Crippen LogP contribution is 2.25. The zero-order valence-electron chi connectivity index (χ0n) is 10.5. The van der Waals surface area contributed by atoms with Crippen LogP contribution in [0.4, 0.5) is 11.4 Å². The Morgan fingerprint density at radius 2 is 2.42 bits per heavy atom. The summed E-state index contributed by atoms with van der Waals surface area (Å²) in [6, 6.07) is 5.96. The molecule has 0 fully saturated rings. The van der Waals surface area contributed by atoms with E-state index >= 15 is 0 Å². The van der Waals surface area contributed by atoms with E-state index in [4.69, 9.17) is 0 Å². The molecule has 0 saturated carbocycles. The highest BCUT2D eigenvalue weighted by molar-refractivity contribution is 5.90. The van der Waals surface area contributed by atoms with Gasteiger partial charge in [0.15, 0.2) is 0 Å². The summed E-state index contributed by atoms with van der Waals surface area (Å²) in [5, 5.41) is 10.1. The van der Waals surface area contributed by atoms with E-state index in [0.717, 1.165) is 25.1 Å². The average Bonchev–Trinajstić information content (AvgIpc) is 2.91. The van der Waals surface area contributed by atoms with E-state index in [1.807, 2.05) is 18.2 Å². The first-order valence-electron chi connectivity index (χ1n) is 6.30. The molecule has 6 nitrogen and oxygen atoms in total. The summed E-state index contributed by atoms with van der Waals surface area (Å²) in [5.41, 5.74) is 3.25. The molecule has 98 valence electrons. The minimum absolute atomic E-state index is 0.103. The van der Waals surface area contributed by atoms with Gasteiger partial charge in [0.05, 0.1) is 0 Å². The first kappa shape index (κ1) is 11.7. The maximum Gasteiger partial charge on any atom is 0.246 e. The van der Waals surface area contributed by atoms with Gasteiger partial charge in [0.2, 0.25) is 5.91 Å². The summed E-state index contributed by atoms with van der Waals surface area (Å²) in [5.74, 6) is -0.103. The van der Waals surface area contributed by atoms with Gasteiger partial charge in [-0.25, -0.2) is 9.67 Å². The van der Waals surface area contributed by atoms with Crippen LogP contribution in [0.1, 0.15) is 12.0 Å². The minimum atomic E-state index is -0.103. The number of benzene rings is 1. The van der Waals surface area contributed by atoms with Crippen molar-refractivity contribution in [3.05, 3.63) is 36.4 Å². The number of amides is 1. The number of aromatic nitrogens is 3. The molecule has 2 heterocycles. The Hall–Kier alpha value is -2.37. The molecular formula is C13H15N5O. The van der Waals surface area contributed by atoms with E-state index in [2.05, 4.69) is 20.7 Å². The standard InChI is InChI=1S/C13H15N5O/c19-13(7-18-9-14-8-16-18)17-11-3-4-12-10(6-11)2-1-5-15-12/h3-4,6,8-9,15H,1-2,5,7H2,(H,17,19). The molecule has 2 aromatic rings. The first-order valence-corrected chi connectivity index (χ1v) is 6.30. The number of carbonyl (C=O) groups excluding carboxylic acids is 1. The van der Waals surface area contributed by atoms with Gasteiger partial charge in [0, 0.05) is 17.9 Å². The lowest BCUT2D eigenvalue weighted by atomic mass is 10.0. The zero-order valence-corrected chi connectivity index (χ0v) is 10.5. The summed E-state index contributed by atoms with van der Waals surface area (Å²) in [7, 11) is 0. The minimum Gasteiger partial charge on any atom is -0.385 e. The van der Waals surface area contributed by atoms with Gasteiger partial charge in [-0.15, -0.1) is 0 Å². The van der Waals surface area contributed by atoms with Gasteiger partial charge in [-0.05, 0) is 36.6 Å². The van der Waals surface area contributed by atoms with Crippen LogP contribution in [0.3, 0.4) is 0 Å². The number of nitrogens with one attached hydrogen (secondary N) is 2. The molecule has 0 bridgehead atoms. The van der Waals surface area contributed by atoms with E-state index in [-0.39, 0.29) is 12.5 Å². The van der Waals surface area contributed by atoms with E-state index in [9.17, 15) is 4.79 Å². The molecule has 0 spiro atoms. The number of rotatable bonds is 3. The predicted octanol–water partition coefficient (Wildman–Crippen LogP) is 1.27. The smallest absolute Gasteiger partial charge is 0.246 e. The van der Waals surface area contributed by atoms with Crippen molar-refractivity contribution in [3.63, 3.8) is 0 Å². The number of hydrogen-bond donors (Lipinski definition) is 2. The van der Waals surface area contributed by atoms with Crippen molar-refractivity contribution >= 4 is 17.3 Å². The predicted molar refractivity (Wildman–Crippen MR) is 71.9 cm³/mol. The Balaban J connectivity index is 1.67. The Morgan fingerprint density at radius 3 is 3.26 bits per heavy atom. The highest BCUT2D eigenvalue weighted by Gasteiger charge is 2.10. The topological polar surface area (TPSA) is 71.8 Å². The molecule has 0 saturated heterocycles. The molecule has 0 radical (unpaired) electrons. The summed E-state index contributed by atoms with van der Waals surface area (Å²) in [4.78, 5) is 15.6. The van der Waals surface area contributed by atoms with Gasteiger partial charge < -0.3 is 10.6 Å². The fourth-order valence-electron chi connectivity index (χ4n) is 2.21. The summed E-state index contributed by atoms with van der Waals surface area (Å²) in [6.07, 6.45) is 5.12. The largest absolute Gasteiger partial charge is 0.385 e. The lowest BCUT2D eigenvalue weighted by Gasteiger charge is -2.18. The van der Waals surface area contributed by atoms with Gasteiger partial charge in [-0.2, -0.15) is 5.10 Å². The van der Waals surface area contributed by atoms with Crippen LogP contribution in [-0.2, 0) is 17.8 Å². The van der Waals surface area contributed by atoms with Crippen molar-refractivity contribution in [2.45, 2.75) is 19.4 Å². The van der Waals surface area contributed by atoms with Crippen molar-refractivity contribution in [2.75, 3.05) is 17.2 Å². The van der Waals surface area contributed by atoms with Crippen LogP contribution in [0.15, 0.2) is 30.9 Å². The second-order valence-corrected chi connectivity index (χ2v) is 4.54. The Kier molecular flexibility index (Phi) is 3.14. The second-order valence-electron chi connectivity index (χ2n) is 4.54. The first-order chi connectivity index (χ1) is 9.31. The summed E-state index contributed by atoms with van der Waals surface area (Å²) in [6.45, 7) is 1.19. The third-order valence-corrected chi connectivity index (χ3v) is 3.10. The van der Waals surface area contributed by atoms with E-state index < -0.39 is 0 Å². The molecule has 19 heavy (non-hydrogen) atoms. The molecule has 1 amide bonds. The molecule has 1 aliphatic rings. The van der Waals surface area contributed by atoms with E-state index in [1.54, 1.807) is 0 Å². The summed E-state index contributed by atoms with van der Waals surface area (Å²) >= 11 is 0. The molecule has 1 aromatic heterocycles. The molecular weight excluding hydrogens is 242 g/mol. The molecule has 3 rings (SSSR count). The van der Waals surface area contributed by atoms with Crippen LogP contribution in [-0.4, -0.2) is 27.2 Å². The van der Waals surface area contributed by atoms with Crippen LogP contribution in [0.25, 0.3) is 0 Å². The molecule has 0 atom stereocenters. The Morgan fingerprint density at radius 1 is 1.47 bits per heavy atom. The number of hydrogen-bond acceptors (Lipinski definition) is 4. The van der Waals surface area contributed by atoms with Crippen molar-refractivity contribution in [3.8, 4) is 0 Å². The average molecular weight is 257 g/mol. The molecule has 6 heteroatoms. The molecule has 1 aliphatic heterocycles. The van der Waals surface area contributed by atoms with E-state index in [0.29, 0.717) is 0 Å². The van der Waals surface area contributed by atoms with Gasteiger partial charge in [0.1, 0.15) is 19.2 Å². The van der Waals surface area contributed by atoms with Crippen molar-refractivity contribution < 1.29 is 4.79 Å². The van der Waals surface area contributed by atoms with Crippen LogP contribution >= 0.6 is 0 Å². The maximum absolute atomic E-state index is 11.8. The zero-order chi connectivity index (χ0) is 13.1.